The molecule has 1 aliphatic rings. The largest absolute Gasteiger partial charge is 0.490 e. The molecule has 1 unspecified atom stereocenters. The summed E-state index contributed by atoms with van der Waals surface area (Å²) in [5.74, 6) is -5.50. The van der Waals surface area contributed by atoms with E-state index >= 15 is 0 Å². The second kappa shape index (κ2) is 18.1. The van der Waals surface area contributed by atoms with Crippen LogP contribution < -0.4 is 10.1 Å². The van der Waals surface area contributed by atoms with Crippen LogP contribution in [0.15, 0.2) is 48.5 Å². The lowest BCUT2D eigenvalue weighted by Gasteiger charge is -2.43. The van der Waals surface area contributed by atoms with Crippen LogP contribution in [0, 0.1) is 5.92 Å². The number of nitrogens with zero attached hydrogens (tertiary/aromatic N) is 1. The van der Waals surface area contributed by atoms with E-state index in [0.29, 0.717) is 35.9 Å². The Bertz CT molecular complexity index is 1280. The maximum absolute atomic E-state index is 11.1. The van der Waals surface area contributed by atoms with Crippen LogP contribution in [0.3, 0.4) is 0 Å². The number of nitrogens with one attached hydrogen (secondary N) is 1. The highest BCUT2D eigenvalue weighted by molar-refractivity contribution is 6.30. The molecule has 1 aliphatic heterocycles. The Balaban J connectivity index is 0.000000658. The van der Waals surface area contributed by atoms with Gasteiger partial charge in [-0.3, -0.25) is 9.69 Å². The van der Waals surface area contributed by atoms with Crippen molar-refractivity contribution in [3.63, 3.8) is 0 Å². The number of alkyl halides is 6. The van der Waals surface area contributed by atoms with Gasteiger partial charge in [0.15, 0.2) is 0 Å². The zero-order valence-electron chi connectivity index (χ0n) is 25.6. The van der Waals surface area contributed by atoms with E-state index in [1.165, 1.54) is 5.56 Å². The van der Waals surface area contributed by atoms with Gasteiger partial charge in [-0.2, -0.15) is 26.3 Å². The molecule has 17 heteroatoms. The van der Waals surface area contributed by atoms with Crippen molar-refractivity contribution >= 4 is 29.5 Å². The van der Waals surface area contributed by atoms with E-state index in [9.17, 15) is 36.2 Å². The van der Waals surface area contributed by atoms with Gasteiger partial charge in [0.05, 0.1) is 6.42 Å². The van der Waals surface area contributed by atoms with Crippen LogP contribution in [0.25, 0.3) is 0 Å². The highest BCUT2D eigenvalue weighted by atomic mass is 35.5. The van der Waals surface area contributed by atoms with E-state index in [2.05, 4.69) is 36.2 Å². The van der Waals surface area contributed by atoms with E-state index in [-0.39, 0.29) is 13.0 Å². The molecule has 0 aromatic heterocycles. The molecule has 0 spiro atoms. The monoisotopic (exact) mass is 702 g/mol. The number of piperidine rings is 1. The van der Waals surface area contributed by atoms with Crippen molar-refractivity contribution in [2.24, 2.45) is 5.92 Å². The fourth-order valence-corrected chi connectivity index (χ4v) is 4.47. The number of aliphatic carboxylic acids is 3. The van der Waals surface area contributed by atoms with Crippen molar-refractivity contribution in [1.82, 2.24) is 10.2 Å². The summed E-state index contributed by atoms with van der Waals surface area (Å²) in [6, 6.07) is 15.8. The van der Waals surface area contributed by atoms with Crippen LogP contribution in [0.2, 0.25) is 5.02 Å². The molecular weight excluding hydrogens is 666 g/mol. The molecule has 1 heterocycles. The third-order valence-corrected chi connectivity index (χ3v) is 7.06. The van der Waals surface area contributed by atoms with Gasteiger partial charge in [-0.1, -0.05) is 48.9 Å². The standard InChI is InChI=1S/C26H35ClN2O4.2C2HF3O2/c1-18-14-29(15-20-8-10-22(27)11-9-20)19(2)12-23(18)28-16-26(3,32)17-33-24-7-5-4-6-21(24)13-25(30)31;2*3-2(4,5)1(6)7/h4-11,18-19,23,28,32H,12-17H2,1-3H3,(H,30,31);2*(H,6,7)/t18-,19+,23?,26-;;/m0../s1. The summed E-state index contributed by atoms with van der Waals surface area (Å²) in [6.07, 6.45) is -9.28. The second-order valence-electron chi connectivity index (χ2n) is 11.2. The summed E-state index contributed by atoms with van der Waals surface area (Å²) >= 11 is 6.01. The molecule has 4 atom stereocenters. The van der Waals surface area contributed by atoms with Gasteiger partial charge < -0.3 is 30.5 Å². The first-order valence-electron chi connectivity index (χ1n) is 14.0. The summed E-state index contributed by atoms with van der Waals surface area (Å²) in [5, 5.41) is 38.5. The summed E-state index contributed by atoms with van der Waals surface area (Å²) < 4.78 is 69.3. The van der Waals surface area contributed by atoms with Crippen LogP contribution in [0.5, 0.6) is 5.75 Å². The minimum Gasteiger partial charge on any atom is -0.490 e. The Morgan fingerprint density at radius 2 is 1.45 bits per heavy atom. The number of carbonyl (C=O) groups is 3. The number of hydrogen-bond donors (Lipinski definition) is 5. The molecule has 0 bridgehead atoms. The zero-order valence-corrected chi connectivity index (χ0v) is 26.4. The van der Waals surface area contributed by atoms with Crippen molar-refractivity contribution in [2.45, 2.75) is 70.2 Å². The predicted octanol–water partition coefficient (Wildman–Crippen LogP) is 5.25. The summed E-state index contributed by atoms with van der Waals surface area (Å²) in [6.45, 7) is 8.58. The fourth-order valence-electron chi connectivity index (χ4n) is 4.34. The Morgan fingerprint density at radius 3 is 1.94 bits per heavy atom. The lowest BCUT2D eigenvalue weighted by Crippen LogP contribution is -2.55. The van der Waals surface area contributed by atoms with Crippen LogP contribution in [-0.2, 0) is 27.3 Å². The van der Waals surface area contributed by atoms with Gasteiger partial charge in [-0.25, -0.2) is 9.59 Å². The molecule has 5 N–H and O–H groups in total. The summed E-state index contributed by atoms with van der Waals surface area (Å²) in [5.41, 5.74) is 0.775. The molecule has 1 fully saturated rings. The molecule has 1 saturated heterocycles. The number of likely N-dealkylation sites (tertiary alicyclic amines) is 1. The van der Waals surface area contributed by atoms with Crippen molar-refractivity contribution in [2.75, 3.05) is 19.7 Å². The molecule has 0 saturated carbocycles. The molecule has 3 rings (SSSR count). The van der Waals surface area contributed by atoms with E-state index in [4.69, 9.17) is 41.2 Å². The summed E-state index contributed by atoms with van der Waals surface area (Å²) in [7, 11) is 0. The number of carboxylic acid groups (broad SMARTS) is 3. The number of carboxylic acids is 3. The molecule has 2 aromatic rings. The highest BCUT2D eigenvalue weighted by Gasteiger charge is 2.39. The number of benzene rings is 2. The number of rotatable bonds is 10. The second-order valence-corrected chi connectivity index (χ2v) is 11.6. The first-order chi connectivity index (χ1) is 21.5. The average Bonchev–Trinajstić information content (AvgIpc) is 2.94. The first kappa shape index (κ1) is 41.4. The third-order valence-electron chi connectivity index (χ3n) is 6.81. The number of hydrogen-bond acceptors (Lipinski definition) is 7. The number of aliphatic hydroxyl groups is 1. The normalized spacial score (nSPS) is 19.6. The van der Waals surface area contributed by atoms with E-state index in [1.807, 2.05) is 12.1 Å². The lowest BCUT2D eigenvalue weighted by atomic mass is 9.88. The minimum absolute atomic E-state index is 0.0793. The van der Waals surface area contributed by atoms with Gasteiger partial charge in [0.1, 0.15) is 18.0 Å². The van der Waals surface area contributed by atoms with Gasteiger partial charge in [-0.05, 0) is 49.9 Å². The zero-order chi connectivity index (χ0) is 36.2. The van der Waals surface area contributed by atoms with Crippen molar-refractivity contribution in [3.8, 4) is 5.75 Å². The predicted molar refractivity (Wildman–Crippen MR) is 158 cm³/mol. The van der Waals surface area contributed by atoms with Crippen LogP contribution in [0.1, 0.15) is 38.3 Å². The smallest absolute Gasteiger partial charge is 0.490 e. The molecule has 47 heavy (non-hydrogen) atoms. The lowest BCUT2D eigenvalue weighted by molar-refractivity contribution is -0.193. The summed E-state index contributed by atoms with van der Waals surface area (Å²) in [4.78, 5) is 31.4. The van der Waals surface area contributed by atoms with Crippen molar-refractivity contribution in [1.29, 1.82) is 0 Å². The van der Waals surface area contributed by atoms with Crippen LogP contribution in [0.4, 0.5) is 26.3 Å². The number of para-hydroxylation sites is 1. The van der Waals surface area contributed by atoms with E-state index in [0.717, 1.165) is 24.5 Å². The van der Waals surface area contributed by atoms with E-state index < -0.39 is 35.9 Å². The van der Waals surface area contributed by atoms with Gasteiger partial charge in [0.2, 0.25) is 0 Å². The maximum Gasteiger partial charge on any atom is 0.490 e. The maximum atomic E-state index is 11.1. The average molecular weight is 703 g/mol. The Labute approximate surface area is 271 Å². The minimum atomic E-state index is -5.08. The molecule has 0 amide bonds. The molecule has 264 valence electrons. The number of ether oxygens (including phenoxy) is 1. The van der Waals surface area contributed by atoms with E-state index in [1.54, 1.807) is 31.2 Å². The SMILES string of the molecule is C[C@@H]1CC(NC[C@](C)(O)COc2ccccc2CC(=O)O)[C@@H](C)CN1Cc1ccc(Cl)cc1.O=C(O)C(F)(F)F.O=C(O)C(F)(F)F. The van der Waals surface area contributed by atoms with Gasteiger partial charge in [-0.15, -0.1) is 0 Å². The first-order valence-corrected chi connectivity index (χ1v) is 14.4. The van der Waals surface area contributed by atoms with Crippen LogP contribution >= 0.6 is 11.6 Å². The molecule has 0 radical (unpaired) electrons. The van der Waals surface area contributed by atoms with Crippen molar-refractivity contribution < 1.29 is 65.9 Å². The Morgan fingerprint density at radius 1 is 0.936 bits per heavy atom. The van der Waals surface area contributed by atoms with Gasteiger partial charge >= 0.3 is 30.3 Å². The van der Waals surface area contributed by atoms with Gasteiger partial charge in [0.25, 0.3) is 0 Å². The molecular formula is C30H37ClF6N2O8. The topological polar surface area (TPSA) is 157 Å². The van der Waals surface area contributed by atoms with Crippen molar-refractivity contribution in [3.05, 3.63) is 64.7 Å². The molecule has 0 aliphatic carbocycles. The molecule has 2 aromatic carbocycles. The third kappa shape index (κ3) is 16.2. The highest BCUT2D eigenvalue weighted by Crippen LogP contribution is 2.25. The van der Waals surface area contributed by atoms with Gasteiger partial charge in [0, 0.05) is 42.3 Å². The number of halogens is 7. The van der Waals surface area contributed by atoms with Crippen LogP contribution in [-0.4, -0.2) is 93.0 Å². The molecule has 10 nitrogen and oxygen atoms in total. The Hall–Kier alpha value is -3.60. The quantitative estimate of drug-likeness (QED) is 0.207. The Kier molecular flexibility index (Phi) is 15.9. The fraction of sp³-hybridized carbons (Fsp3) is 0.500.